The van der Waals surface area contributed by atoms with Gasteiger partial charge in [0.05, 0.1) is 39.4 Å². The first-order chi connectivity index (χ1) is 19.9. The Morgan fingerprint density at radius 1 is 1.10 bits per heavy atom. The van der Waals surface area contributed by atoms with E-state index in [9.17, 15) is 30.8 Å². The molecule has 3 aliphatic rings. The van der Waals surface area contributed by atoms with Crippen molar-refractivity contribution in [3.05, 3.63) is 88.0 Å². The Hall–Kier alpha value is -2.83. The monoisotopic (exact) mass is 639 g/mol. The zero-order valence-electron chi connectivity index (χ0n) is 22.1. The van der Waals surface area contributed by atoms with E-state index in [-0.39, 0.29) is 33.1 Å². The highest BCUT2D eigenvalue weighted by molar-refractivity contribution is 7.99. The number of carbonyl (C=O) groups excluding carboxylic acids is 1. The fourth-order valence-corrected chi connectivity index (χ4v) is 9.45. The Bertz CT molecular complexity index is 1640. The Balaban J connectivity index is 1.38. The molecule has 1 aromatic heterocycles. The van der Waals surface area contributed by atoms with Gasteiger partial charge in [0.25, 0.3) is 15.9 Å². The number of pyridine rings is 1. The van der Waals surface area contributed by atoms with Gasteiger partial charge in [0, 0.05) is 17.2 Å². The maximum absolute atomic E-state index is 14.1. The van der Waals surface area contributed by atoms with Gasteiger partial charge < -0.3 is 5.32 Å². The van der Waals surface area contributed by atoms with Crippen LogP contribution in [0.5, 0.6) is 0 Å². The number of hydrogen-bond donors (Lipinski definition) is 1. The Labute approximate surface area is 249 Å². The van der Waals surface area contributed by atoms with Gasteiger partial charge in [-0.2, -0.15) is 24.9 Å². The van der Waals surface area contributed by atoms with E-state index in [2.05, 4.69) is 10.3 Å². The maximum atomic E-state index is 14.1. The average Bonchev–Trinajstić information content (AvgIpc) is 3.76. The first-order valence-corrected chi connectivity index (χ1v) is 16.4. The summed E-state index contributed by atoms with van der Waals surface area (Å²) in [5.41, 5.74) is -0.474. The van der Waals surface area contributed by atoms with E-state index in [4.69, 9.17) is 11.6 Å². The van der Waals surface area contributed by atoms with Crippen molar-refractivity contribution in [2.75, 3.05) is 15.8 Å². The SMILES string of the molecule is O=C(NCc1ncc(Cl)cc1C(F)(F)F)c1ccc2c(c1)C1(CCSCC1)C(C1CC1)N2S(=O)(=O)c1ccc(F)cc1. The second-order valence-corrected chi connectivity index (χ2v) is 14.3. The number of carbonyl (C=O) groups is 1. The smallest absolute Gasteiger partial charge is 0.346 e. The van der Waals surface area contributed by atoms with Crippen LogP contribution in [0.25, 0.3) is 0 Å². The molecule has 6 nitrogen and oxygen atoms in total. The molecule has 2 aromatic carbocycles. The summed E-state index contributed by atoms with van der Waals surface area (Å²) in [4.78, 5) is 17.0. The van der Waals surface area contributed by atoms with Gasteiger partial charge in [0.15, 0.2) is 0 Å². The van der Waals surface area contributed by atoms with E-state index in [1.54, 1.807) is 23.9 Å². The number of fused-ring (bicyclic) bond motifs is 2. The number of rotatable bonds is 6. The summed E-state index contributed by atoms with van der Waals surface area (Å²) in [5.74, 6) is 0.649. The second kappa shape index (κ2) is 10.7. The molecule has 1 saturated carbocycles. The van der Waals surface area contributed by atoms with Gasteiger partial charge in [-0.3, -0.25) is 14.1 Å². The number of halogens is 5. The molecule has 1 amide bonds. The van der Waals surface area contributed by atoms with E-state index in [1.165, 1.54) is 22.5 Å². The van der Waals surface area contributed by atoms with E-state index < -0.39 is 45.4 Å². The molecule has 1 saturated heterocycles. The van der Waals surface area contributed by atoms with Crippen molar-refractivity contribution in [3.63, 3.8) is 0 Å². The van der Waals surface area contributed by atoms with Gasteiger partial charge in [0.1, 0.15) is 5.82 Å². The van der Waals surface area contributed by atoms with Crippen molar-refractivity contribution < 1.29 is 30.8 Å². The fraction of sp³-hybridized carbons (Fsp3) is 0.379. The summed E-state index contributed by atoms with van der Waals surface area (Å²) in [5, 5.41) is 2.36. The van der Waals surface area contributed by atoms with Gasteiger partial charge in [0.2, 0.25) is 0 Å². The quantitative estimate of drug-likeness (QED) is 0.309. The largest absolute Gasteiger partial charge is 0.418 e. The molecule has 0 bridgehead atoms. The molecule has 42 heavy (non-hydrogen) atoms. The van der Waals surface area contributed by atoms with Gasteiger partial charge in [-0.15, -0.1) is 0 Å². The Morgan fingerprint density at radius 2 is 1.79 bits per heavy atom. The Kier molecular flexibility index (Phi) is 7.46. The highest BCUT2D eigenvalue weighted by Gasteiger charge is 2.59. The second-order valence-electron chi connectivity index (χ2n) is 10.9. The van der Waals surface area contributed by atoms with Gasteiger partial charge in [-0.25, -0.2) is 12.8 Å². The molecule has 1 atom stereocenters. The Morgan fingerprint density at radius 3 is 2.43 bits per heavy atom. The maximum Gasteiger partial charge on any atom is 0.418 e. The van der Waals surface area contributed by atoms with Crippen molar-refractivity contribution in [1.29, 1.82) is 0 Å². The third-order valence-electron chi connectivity index (χ3n) is 8.33. The van der Waals surface area contributed by atoms with Crippen molar-refractivity contribution in [1.82, 2.24) is 10.3 Å². The fourth-order valence-electron chi connectivity index (χ4n) is 6.28. The molecule has 2 fully saturated rings. The van der Waals surface area contributed by atoms with Crippen LogP contribution < -0.4 is 9.62 Å². The minimum absolute atomic E-state index is 0.0134. The van der Waals surface area contributed by atoms with Crippen LogP contribution in [0.2, 0.25) is 5.02 Å². The molecule has 13 heteroatoms. The lowest BCUT2D eigenvalue weighted by atomic mass is 9.70. The molecule has 1 aliphatic carbocycles. The number of hydrogen-bond acceptors (Lipinski definition) is 5. The van der Waals surface area contributed by atoms with E-state index in [1.807, 2.05) is 0 Å². The van der Waals surface area contributed by atoms with Crippen LogP contribution in [0.3, 0.4) is 0 Å². The molecule has 222 valence electrons. The molecule has 1 unspecified atom stereocenters. The van der Waals surface area contributed by atoms with Crippen LogP contribution in [-0.4, -0.2) is 36.9 Å². The summed E-state index contributed by atoms with van der Waals surface area (Å²) in [6.45, 7) is -0.473. The third kappa shape index (κ3) is 5.15. The van der Waals surface area contributed by atoms with E-state index >= 15 is 0 Å². The van der Waals surface area contributed by atoms with Crippen molar-refractivity contribution in [2.24, 2.45) is 5.92 Å². The molecular formula is C29H26ClF4N3O3S2. The average molecular weight is 640 g/mol. The number of aromatic nitrogens is 1. The number of thioether (sulfide) groups is 1. The molecular weight excluding hydrogens is 614 g/mol. The van der Waals surface area contributed by atoms with Gasteiger partial charge in [-0.1, -0.05) is 11.6 Å². The molecule has 3 heterocycles. The predicted octanol–water partition coefficient (Wildman–Crippen LogP) is 6.58. The summed E-state index contributed by atoms with van der Waals surface area (Å²) in [6, 6.07) is 9.97. The standard InChI is InChI=1S/C29H26ClF4N3O3S2/c30-19-14-22(29(32,33)34)24(35-15-19)16-36-27(38)18-3-8-25-23(13-18)28(9-11-41-12-10-28)26(17-1-2-17)37(25)42(39,40)21-6-4-20(31)5-7-21/h3-8,13-15,17,26H,1-2,9-12,16H2,(H,36,38). The lowest BCUT2D eigenvalue weighted by molar-refractivity contribution is -0.138. The number of sulfonamides is 1. The zero-order valence-corrected chi connectivity index (χ0v) is 24.5. The minimum atomic E-state index is -4.70. The third-order valence-corrected chi connectivity index (χ3v) is 11.3. The van der Waals surface area contributed by atoms with Crippen molar-refractivity contribution in [3.8, 4) is 0 Å². The molecule has 1 N–H and O–H groups in total. The van der Waals surface area contributed by atoms with Crippen LogP contribution in [0.15, 0.2) is 59.6 Å². The van der Waals surface area contributed by atoms with Gasteiger partial charge >= 0.3 is 6.18 Å². The van der Waals surface area contributed by atoms with E-state index in [0.717, 1.165) is 67.1 Å². The van der Waals surface area contributed by atoms with Crippen LogP contribution in [0.1, 0.15) is 52.9 Å². The molecule has 2 aliphatic heterocycles. The molecule has 0 radical (unpaired) electrons. The minimum Gasteiger partial charge on any atom is -0.346 e. The van der Waals surface area contributed by atoms with Crippen molar-refractivity contribution >= 4 is 45.0 Å². The van der Waals surface area contributed by atoms with E-state index in [0.29, 0.717) is 5.69 Å². The lowest BCUT2D eigenvalue weighted by Gasteiger charge is -2.41. The van der Waals surface area contributed by atoms with Crippen molar-refractivity contribution in [2.45, 2.75) is 54.8 Å². The van der Waals surface area contributed by atoms with Crippen LogP contribution in [-0.2, 0) is 28.2 Å². The number of benzene rings is 2. The summed E-state index contributed by atoms with van der Waals surface area (Å²) >= 11 is 7.51. The normalized spacial score (nSPS) is 20.0. The van der Waals surface area contributed by atoms with Crippen LogP contribution in [0.4, 0.5) is 23.2 Å². The number of alkyl halides is 3. The topological polar surface area (TPSA) is 79.4 Å². The first kappa shape index (κ1) is 29.3. The number of anilines is 1. The summed E-state index contributed by atoms with van der Waals surface area (Å²) < 4.78 is 83.9. The van der Waals surface area contributed by atoms with Gasteiger partial charge in [-0.05, 0) is 97.2 Å². The highest BCUT2D eigenvalue weighted by Crippen LogP contribution is 2.59. The van der Waals surface area contributed by atoms with Crippen LogP contribution in [0, 0.1) is 11.7 Å². The summed E-state index contributed by atoms with van der Waals surface area (Å²) in [7, 11) is -4.07. The molecule has 6 rings (SSSR count). The van der Waals surface area contributed by atoms with Crippen LogP contribution >= 0.6 is 23.4 Å². The predicted molar refractivity (Wildman–Crippen MR) is 153 cm³/mol. The number of nitrogens with zero attached hydrogens (tertiary/aromatic N) is 2. The summed E-state index contributed by atoms with van der Waals surface area (Å²) in [6.07, 6.45) is -0.412. The molecule has 3 aromatic rings. The number of nitrogens with one attached hydrogen (secondary N) is 1. The zero-order chi connectivity index (χ0) is 29.9. The first-order valence-electron chi connectivity index (χ1n) is 13.4. The molecule has 1 spiro atoms. The lowest BCUT2D eigenvalue weighted by Crippen LogP contribution is -2.50. The highest BCUT2D eigenvalue weighted by atomic mass is 35.5. The number of amides is 1.